The molecule has 1 saturated carbocycles. The zero-order chi connectivity index (χ0) is 22.7. The smallest absolute Gasteiger partial charge is 0.407 e. The molecule has 2 amide bonds. The molecule has 0 radical (unpaired) electrons. The number of nitrogen functional groups attached to an aromatic ring is 1. The molecule has 10 heteroatoms. The first-order valence-corrected chi connectivity index (χ1v) is 10.3. The standard InChI is InChI=1S/C22H23N7O3/c1-32-22(31)28-15-4-2-14(3-5-15)27-21(30)17-12-25-19(9-18(17)24)20-7-6-16-8-13(10-23)11-26-29(16)20/h6-9,11-12,14-15H,2-5H2,1H3,(H2,24,25)(H,27,30)(H,28,31). The van der Waals surface area contributed by atoms with Crippen LogP contribution in [0.5, 0.6) is 0 Å². The highest BCUT2D eigenvalue weighted by molar-refractivity contribution is 5.99. The van der Waals surface area contributed by atoms with Crippen molar-refractivity contribution in [1.29, 1.82) is 5.26 Å². The molecule has 10 nitrogen and oxygen atoms in total. The normalized spacial score (nSPS) is 18.0. The molecule has 1 aliphatic rings. The number of aromatic nitrogens is 3. The zero-order valence-electron chi connectivity index (χ0n) is 17.5. The monoisotopic (exact) mass is 433 g/mol. The summed E-state index contributed by atoms with van der Waals surface area (Å²) >= 11 is 0. The van der Waals surface area contributed by atoms with Crippen LogP contribution in [-0.4, -0.2) is 45.8 Å². The highest BCUT2D eigenvalue weighted by Gasteiger charge is 2.25. The fourth-order valence-electron chi connectivity index (χ4n) is 3.93. The molecule has 164 valence electrons. The number of hydrogen-bond acceptors (Lipinski definition) is 7. The number of nitriles is 1. The molecule has 4 N–H and O–H groups in total. The number of hydrogen-bond donors (Lipinski definition) is 3. The van der Waals surface area contributed by atoms with Gasteiger partial charge in [-0.1, -0.05) is 0 Å². The molecule has 1 fully saturated rings. The number of anilines is 1. The number of nitrogens with two attached hydrogens (primary N) is 1. The van der Waals surface area contributed by atoms with Gasteiger partial charge >= 0.3 is 6.09 Å². The second-order valence-electron chi connectivity index (χ2n) is 7.73. The summed E-state index contributed by atoms with van der Waals surface area (Å²) in [5.74, 6) is -0.275. The van der Waals surface area contributed by atoms with Crippen molar-refractivity contribution in [2.45, 2.75) is 37.8 Å². The maximum Gasteiger partial charge on any atom is 0.407 e. The lowest BCUT2D eigenvalue weighted by atomic mass is 9.91. The second kappa shape index (κ2) is 8.93. The van der Waals surface area contributed by atoms with Crippen LogP contribution in [0.1, 0.15) is 41.6 Å². The van der Waals surface area contributed by atoms with Gasteiger partial charge in [0.2, 0.25) is 0 Å². The number of carbonyl (C=O) groups excluding carboxylic acids is 2. The van der Waals surface area contributed by atoms with Gasteiger partial charge in [-0.3, -0.25) is 9.78 Å². The van der Waals surface area contributed by atoms with Crippen molar-refractivity contribution in [2.75, 3.05) is 12.8 Å². The lowest BCUT2D eigenvalue weighted by Crippen LogP contribution is -2.43. The summed E-state index contributed by atoms with van der Waals surface area (Å²) < 4.78 is 6.30. The average molecular weight is 433 g/mol. The number of pyridine rings is 1. The number of rotatable bonds is 4. The molecule has 32 heavy (non-hydrogen) atoms. The second-order valence-corrected chi connectivity index (χ2v) is 7.73. The Morgan fingerprint density at radius 2 is 1.88 bits per heavy atom. The summed E-state index contributed by atoms with van der Waals surface area (Å²) in [5, 5.41) is 19.1. The summed E-state index contributed by atoms with van der Waals surface area (Å²) in [5.41, 5.74) is 9.32. The predicted molar refractivity (Wildman–Crippen MR) is 117 cm³/mol. The number of alkyl carbamates (subject to hydrolysis) is 1. The molecule has 1 aliphatic carbocycles. The van der Waals surface area contributed by atoms with Gasteiger partial charge in [0, 0.05) is 24.0 Å². The minimum Gasteiger partial charge on any atom is -0.453 e. The molecule has 0 spiro atoms. The van der Waals surface area contributed by atoms with E-state index in [4.69, 9.17) is 11.0 Å². The number of carbonyl (C=O) groups is 2. The van der Waals surface area contributed by atoms with Gasteiger partial charge in [-0.05, 0) is 49.9 Å². The number of fused-ring (bicyclic) bond motifs is 1. The van der Waals surface area contributed by atoms with Crippen LogP contribution in [0.3, 0.4) is 0 Å². The van der Waals surface area contributed by atoms with Crippen LogP contribution in [-0.2, 0) is 4.74 Å². The first kappa shape index (κ1) is 21.1. The average Bonchev–Trinajstić information content (AvgIpc) is 3.23. The Labute approximate surface area is 184 Å². The van der Waals surface area contributed by atoms with E-state index in [1.807, 2.05) is 12.1 Å². The van der Waals surface area contributed by atoms with E-state index in [0.717, 1.165) is 31.2 Å². The Morgan fingerprint density at radius 1 is 1.16 bits per heavy atom. The third-order valence-corrected chi connectivity index (χ3v) is 5.64. The van der Waals surface area contributed by atoms with Crippen LogP contribution < -0.4 is 16.4 Å². The summed E-state index contributed by atoms with van der Waals surface area (Å²) in [6.45, 7) is 0. The zero-order valence-corrected chi connectivity index (χ0v) is 17.5. The topological polar surface area (TPSA) is 147 Å². The third-order valence-electron chi connectivity index (χ3n) is 5.64. The van der Waals surface area contributed by atoms with Crippen molar-refractivity contribution in [2.24, 2.45) is 0 Å². The van der Waals surface area contributed by atoms with Crippen molar-refractivity contribution in [3.63, 3.8) is 0 Å². The number of nitrogens with one attached hydrogen (secondary N) is 2. The fourth-order valence-corrected chi connectivity index (χ4v) is 3.93. The maximum atomic E-state index is 12.8. The van der Waals surface area contributed by atoms with E-state index < -0.39 is 6.09 Å². The van der Waals surface area contributed by atoms with Gasteiger partial charge in [-0.15, -0.1) is 0 Å². The highest BCUT2D eigenvalue weighted by atomic mass is 16.5. The number of ether oxygens (including phenoxy) is 1. The van der Waals surface area contributed by atoms with Crippen molar-refractivity contribution in [3.05, 3.63) is 47.8 Å². The maximum absolute atomic E-state index is 12.8. The summed E-state index contributed by atoms with van der Waals surface area (Å²) in [6.07, 6.45) is 5.53. The van der Waals surface area contributed by atoms with Crippen molar-refractivity contribution < 1.29 is 14.3 Å². The molecule has 4 rings (SSSR count). The summed E-state index contributed by atoms with van der Waals surface area (Å²) in [6, 6.07) is 9.18. The Bertz CT molecular complexity index is 1210. The van der Waals surface area contributed by atoms with E-state index in [0.29, 0.717) is 28.2 Å². The molecule has 0 aromatic carbocycles. The molecule has 0 atom stereocenters. The summed E-state index contributed by atoms with van der Waals surface area (Å²) in [4.78, 5) is 28.5. The van der Waals surface area contributed by atoms with Crippen LogP contribution >= 0.6 is 0 Å². The number of amides is 2. The van der Waals surface area contributed by atoms with Gasteiger partial charge in [0.05, 0.1) is 41.3 Å². The molecule has 3 heterocycles. The Kier molecular flexibility index (Phi) is 5.89. The van der Waals surface area contributed by atoms with Crippen molar-refractivity contribution >= 4 is 23.2 Å². The lowest BCUT2D eigenvalue weighted by Gasteiger charge is -2.29. The molecule has 3 aromatic heterocycles. The highest BCUT2D eigenvalue weighted by Crippen LogP contribution is 2.25. The van der Waals surface area contributed by atoms with Gasteiger partial charge in [0.15, 0.2) is 0 Å². The van der Waals surface area contributed by atoms with Crippen molar-refractivity contribution in [3.8, 4) is 17.5 Å². The summed E-state index contributed by atoms with van der Waals surface area (Å²) in [7, 11) is 1.34. The van der Waals surface area contributed by atoms with Gasteiger partial charge in [-0.2, -0.15) is 10.4 Å². The minimum absolute atomic E-state index is 0.00498. The fraction of sp³-hybridized carbons (Fsp3) is 0.318. The number of nitrogens with zero attached hydrogens (tertiary/aromatic N) is 4. The molecule has 0 saturated heterocycles. The van der Waals surface area contributed by atoms with Gasteiger partial charge in [0.25, 0.3) is 5.91 Å². The molecule has 0 aliphatic heterocycles. The first-order valence-electron chi connectivity index (χ1n) is 10.3. The van der Waals surface area contributed by atoms with E-state index in [2.05, 4.69) is 31.5 Å². The van der Waals surface area contributed by atoms with Gasteiger partial charge in [-0.25, -0.2) is 9.31 Å². The van der Waals surface area contributed by atoms with E-state index >= 15 is 0 Å². The van der Waals surface area contributed by atoms with Crippen LogP contribution in [0.2, 0.25) is 0 Å². The predicted octanol–water partition coefficient (Wildman–Crippen LogP) is 2.25. The lowest BCUT2D eigenvalue weighted by molar-refractivity contribution is 0.0923. The quantitative estimate of drug-likeness (QED) is 0.571. The van der Waals surface area contributed by atoms with E-state index in [9.17, 15) is 9.59 Å². The van der Waals surface area contributed by atoms with E-state index in [1.54, 1.807) is 16.6 Å². The van der Waals surface area contributed by atoms with E-state index in [1.165, 1.54) is 19.5 Å². The molecule has 3 aromatic rings. The Morgan fingerprint density at radius 3 is 2.53 bits per heavy atom. The largest absolute Gasteiger partial charge is 0.453 e. The van der Waals surface area contributed by atoms with Crippen molar-refractivity contribution in [1.82, 2.24) is 25.2 Å². The Balaban J connectivity index is 1.43. The van der Waals surface area contributed by atoms with Gasteiger partial charge in [0.1, 0.15) is 6.07 Å². The molecular weight excluding hydrogens is 410 g/mol. The molecule has 0 unspecified atom stereocenters. The third kappa shape index (κ3) is 4.32. The SMILES string of the molecule is COC(=O)NC1CCC(NC(=O)c2cnc(-c3ccc4cc(C#N)cnn34)cc2N)CC1. The van der Waals surface area contributed by atoms with E-state index in [-0.39, 0.29) is 18.0 Å². The van der Waals surface area contributed by atoms with Gasteiger partial charge < -0.3 is 21.1 Å². The first-order chi connectivity index (χ1) is 15.5. The molecule has 0 bridgehead atoms. The number of methoxy groups -OCH3 is 1. The molecular formula is C22H23N7O3. The van der Waals surface area contributed by atoms with Crippen LogP contribution in [0.25, 0.3) is 16.9 Å². The van der Waals surface area contributed by atoms with Crippen LogP contribution in [0, 0.1) is 11.3 Å². The minimum atomic E-state index is -0.437. The Hall–Kier alpha value is -4.13. The van der Waals surface area contributed by atoms with Crippen LogP contribution in [0.15, 0.2) is 36.7 Å². The van der Waals surface area contributed by atoms with Crippen LogP contribution in [0.4, 0.5) is 10.5 Å².